The molecule has 2 aromatic rings. The number of H-pyrrole nitrogens is 1. The van der Waals surface area contributed by atoms with Crippen molar-refractivity contribution in [2.75, 3.05) is 39.9 Å². The Morgan fingerprint density at radius 3 is 2.93 bits per heavy atom. The number of nitrogens with one attached hydrogen (secondary N) is 2. The summed E-state index contributed by atoms with van der Waals surface area (Å²) >= 11 is 0. The van der Waals surface area contributed by atoms with Gasteiger partial charge in [-0.15, -0.1) is 0 Å². The van der Waals surface area contributed by atoms with Crippen molar-refractivity contribution in [3.63, 3.8) is 0 Å². The summed E-state index contributed by atoms with van der Waals surface area (Å²) < 4.78 is 11.0. The second kappa shape index (κ2) is 8.10. The average molecular weight is 370 g/mol. The van der Waals surface area contributed by atoms with Gasteiger partial charge in [0, 0.05) is 43.4 Å². The third-order valence-electron chi connectivity index (χ3n) is 5.47. The fraction of sp³-hybridized carbons (Fsp3) is 0.500. The minimum absolute atomic E-state index is 0.110. The number of nitrogens with zero attached hydrogens (tertiary/aromatic N) is 2. The maximum absolute atomic E-state index is 12.6. The van der Waals surface area contributed by atoms with Crippen LogP contribution in [-0.4, -0.2) is 67.0 Å². The van der Waals surface area contributed by atoms with E-state index in [1.807, 2.05) is 29.3 Å². The van der Waals surface area contributed by atoms with Crippen LogP contribution in [0.3, 0.4) is 0 Å². The second-order valence-corrected chi connectivity index (χ2v) is 7.09. The lowest BCUT2D eigenvalue weighted by Gasteiger charge is -2.35. The topological polar surface area (TPSA) is 79.5 Å². The first-order valence-corrected chi connectivity index (χ1v) is 9.55. The van der Waals surface area contributed by atoms with Crippen molar-refractivity contribution in [3.8, 4) is 16.9 Å². The van der Waals surface area contributed by atoms with Crippen molar-refractivity contribution < 1.29 is 14.3 Å². The molecule has 2 aliphatic heterocycles. The Morgan fingerprint density at radius 1 is 1.33 bits per heavy atom. The molecule has 0 saturated carbocycles. The van der Waals surface area contributed by atoms with Crippen molar-refractivity contribution in [2.45, 2.75) is 24.9 Å². The van der Waals surface area contributed by atoms with E-state index in [4.69, 9.17) is 9.47 Å². The molecule has 7 heteroatoms. The van der Waals surface area contributed by atoms with E-state index in [9.17, 15) is 4.79 Å². The molecule has 0 aliphatic carbocycles. The lowest BCUT2D eigenvalue weighted by molar-refractivity contribution is -0.146. The van der Waals surface area contributed by atoms with Gasteiger partial charge in [0.05, 0.1) is 19.9 Å². The molecule has 2 aliphatic rings. The number of aromatic nitrogens is 2. The highest BCUT2D eigenvalue weighted by atomic mass is 16.5. The predicted molar refractivity (Wildman–Crippen MR) is 102 cm³/mol. The molecule has 2 N–H and O–H groups in total. The van der Waals surface area contributed by atoms with Crippen LogP contribution in [0.4, 0.5) is 0 Å². The highest BCUT2D eigenvalue weighted by Crippen LogP contribution is 2.35. The summed E-state index contributed by atoms with van der Waals surface area (Å²) in [5.41, 5.74) is 3.35. The predicted octanol–water partition coefficient (Wildman–Crippen LogP) is 1.78. The number of methoxy groups -OCH3 is 1. The first kappa shape index (κ1) is 18.0. The van der Waals surface area contributed by atoms with E-state index >= 15 is 0 Å². The van der Waals surface area contributed by atoms with Crippen LogP contribution in [0.2, 0.25) is 0 Å². The number of carbonyl (C=O) groups excluding carboxylic acids is 1. The molecule has 1 aromatic heterocycles. The summed E-state index contributed by atoms with van der Waals surface area (Å²) in [6.45, 7) is 3.53. The van der Waals surface area contributed by atoms with Gasteiger partial charge in [-0.05, 0) is 30.5 Å². The summed E-state index contributed by atoms with van der Waals surface area (Å²) in [4.78, 5) is 14.6. The van der Waals surface area contributed by atoms with Crippen LogP contribution in [0.5, 0.6) is 5.75 Å². The van der Waals surface area contributed by atoms with E-state index < -0.39 is 0 Å². The first-order valence-electron chi connectivity index (χ1n) is 9.55. The normalized spacial score (nSPS) is 21.2. The van der Waals surface area contributed by atoms with E-state index in [2.05, 4.69) is 21.6 Å². The van der Waals surface area contributed by atoms with Crippen LogP contribution in [0.25, 0.3) is 11.1 Å². The van der Waals surface area contributed by atoms with Gasteiger partial charge in [-0.25, -0.2) is 0 Å². The monoisotopic (exact) mass is 370 g/mol. The van der Waals surface area contributed by atoms with E-state index in [0.29, 0.717) is 19.1 Å². The number of rotatable bonds is 4. The van der Waals surface area contributed by atoms with E-state index in [1.165, 1.54) is 0 Å². The van der Waals surface area contributed by atoms with Gasteiger partial charge < -0.3 is 19.7 Å². The van der Waals surface area contributed by atoms with Crippen LogP contribution < -0.4 is 10.1 Å². The molecule has 0 radical (unpaired) electrons. The molecule has 2 saturated heterocycles. The number of benzene rings is 1. The zero-order valence-corrected chi connectivity index (χ0v) is 15.6. The molecule has 0 bridgehead atoms. The van der Waals surface area contributed by atoms with Crippen molar-refractivity contribution in [3.05, 3.63) is 36.2 Å². The third kappa shape index (κ3) is 3.84. The van der Waals surface area contributed by atoms with Crippen molar-refractivity contribution >= 4 is 5.91 Å². The zero-order chi connectivity index (χ0) is 18.6. The van der Waals surface area contributed by atoms with Crippen LogP contribution >= 0.6 is 0 Å². The molecule has 4 rings (SSSR count). The first-order chi connectivity index (χ1) is 13.3. The highest BCUT2D eigenvalue weighted by molar-refractivity contribution is 5.81. The molecule has 0 unspecified atom stereocenters. The summed E-state index contributed by atoms with van der Waals surface area (Å²) in [5.74, 6) is 1.31. The smallest absolute Gasteiger partial charge is 0.253 e. The summed E-state index contributed by atoms with van der Waals surface area (Å²) in [6, 6.07) is 8.03. The second-order valence-electron chi connectivity index (χ2n) is 7.09. The molecule has 1 atom stereocenters. The van der Waals surface area contributed by atoms with Crippen LogP contribution in [-0.2, 0) is 9.53 Å². The Bertz CT molecular complexity index is 777. The number of piperidine rings is 1. The van der Waals surface area contributed by atoms with Crippen molar-refractivity contribution in [1.82, 2.24) is 20.4 Å². The van der Waals surface area contributed by atoms with Gasteiger partial charge in [-0.1, -0.05) is 12.1 Å². The van der Waals surface area contributed by atoms with Crippen molar-refractivity contribution in [2.24, 2.45) is 0 Å². The largest absolute Gasteiger partial charge is 0.497 e. The molecule has 2 fully saturated rings. The Labute approximate surface area is 159 Å². The number of amides is 1. The molecular formula is C20H26N4O3. The molecular weight excluding hydrogens is 344 g/mol. The zero-order valence-electron chi connectivity index (χ0n) is 15.6. The van der Waals surface area contributed by atoms with Crippen LogP contribution in [0, 0.1) is 0 Å². The fourth-order valence-corrected chi connectivity index (χ4v) is 3.94. The minimum Gasteiger partial charge on any atom is -0.497 e. The number of morpholine rings is 1. The maximum atomic E-state index is 12.6. The minimum atomic E-state index is -0.338. The van der Waals surface area contributed by atoms with Gasteiger partial charge in [-0.2, -0.15) is 5.10 Å². The molecule has 3 heterocycles. The number of likely N-dealkylation sites (tertiary alicyclic amines) is 1. The quantitative estimate of drug-likeness (QED) is 0.858. The third-order valence-corrected chi connectivity index (χ3v) is 5.47. The van der Waals surface area contributed by atoms with Gasteiger partial charge in [0.2, 0.25) is 0 Å². The number of hydrogen-bond donors (Lipinski definition) is 2. The lowest BCUT2D eigenvalue weighted by Crippen LogP contribution is -2.51. The molecule has 1 aromatic carbocycles. The van der Waals surface area contributed by atoms with Gasteiger partial charge in [0.25, 0.3) is 5.91 Å². The van der Waals surface area contributed by atoms with E-state index in [0.717, 1.165) is 55.0 Å². The number of hydrogen-bond acceptors (Lipinski definition) is 5. The summed E-state index contributed by atoms with van der Waals surface area (Å²) in [5, 5.41) is 10.7. The Morgan fingerprint density at radius 2 is 2.19 bits per heavy atom. The summed E-state index contributed by atoms with van der Waals surface area (Å²) in [7, 11) is 1.67. The molecule has 0 spiro atoms. The molecule has 144 valence electrons. The van der Waals surface area contributed by atoms with Crippen LogP contribution in [0.15, 0.2) is 30.5 Å². The van der Waals surface area contributed by atoms with Gasteiger partial charge in [0.1, 0.15) is 11.9 Å². The van der Waals surface area contributed by atoms with Gasteiger partial charge >= 0.3 is 0 Å². The highest BCUT2D eigenvalue weighted by Gasteiger charge is 2.31. The number of ether oxygens (including phenoxy) is 2. The number of aromatic amines is 1. The van der Waals surface area contributed by atoms with Crippen LogP contribution in [0.1, 0.15) is 24.5 Å². The molecule has 1 amide bonds. The molecule has 7 nitrogen and oxygen atoms in total. The SMILES string of the molecule is COc1cccc(-c2cn[nH]c2C2CCN(C(=O)[C@@H]3CNCCO3)CC2)c1. The Hall–Kier alpha value is -2.38. The Kier molecular flexibility index (Phi) is 5.40. The Balaban J connectivity index is 1.43. The van der Waals surface area contributed by atoms with Gasteiger partial charge in [-0.3, -0.25) is 9.89 Å². The maximum Gasteiger partial charge on any atom is 0.253 e. The van der Waals surface area contributed by atoms with E-state index in [-0.39, 0.29) is 12.0 Å². The van der Waals surface area contributed by atoms with E-state index in [1.54, 1.807) is 7.11 Å². The standard InChI is InChI=1S/C20H26N4O3/c1-26-16-4-2-3-15(11-16)17-12-22-23-19(17)14-5-8-24(9-6-14)20(25)18-13-21-7-10-27-18/h2-4,11-12,14,18,21H,5-10,13H2,1H3,(H,22,23)/t18-/m0/s1. The molecule has 27 heavy (non-hydrogen) atoms. The summed E-state index contributed by atoms with van der Waals surface area (Å²) in [6.07, 6.45) is 3.38. The number of carbonyl (C=O) groups is 1. The lowest BCUT2D eigenvalue weighted by atomic mass is 9.89. The van der Waals surface area contributed by atoms with Gasteiger partial charge in [0.15, 0.2) is 0 Å². The van der Waals surface area contributed by atoms with Crippen molar-refractivity contribution in [1.29, 1.82) is 0 Å². The average Bonchev–Trinajstić information content (AvgIpc) is 3.24. The fourth-order valence-electron chi connectivity index (χ4n) is 3.94.